The van der Waals surface area contributed by atoms with Gasteiger partial charge in [0.2, 0.25) is 0 Å². The van der Waals surface area contributed by atoms with Crippen LogP contribution in [0, 0.1) is 0 Å². The van der Waals surface area contributed by atoms with Crippen LogP contribution in [-0.2, 0) is 6.42 Å². The zero-order chi connectivity index (χ0) is 12.8. The van der Waals surface area contributed by atoms with Gasteiger partial charge in [-0.2, -0.15) is 0 Å². The van der Waals surface area contributed by atoms with E-state index in [0.29, 0.717) is 5.75 Å². The topological polar surface area (TPSA) is 40.5 Å². The first-order valence-electron chi connectivity index (χ1n) is 5.97. The van der Waals surface area contributed by atoms with E-state index in [4.69, 9.17) is 10.2 Å². The van der Waals surface area contributed by atoms with E-state index in [0.717, 1.165) is 18.4 Å². The van der Waals surface area contributed by atoms with Crippen molar-refractivity contribution in [2.75, 3.05) is 0 Å². The van der Waals surface area contributed by atoms with Crippen molar-refractivity contribution in [1.82, 2.24) is 0 Å². The third kappa shape index (κ3) is 3.67. The Morgan fingerprint density at radius 2 is 1.33 bits per heavy atom. The minimum absolute atomic E-state index is 0.288. The van der Waals surface area contributed by atoms with E-state index in [2.05, 4.69) is 6.08 Å². The first-order chi connectivity index (χ1) is 8.74. The predicted octanol–water partition coefficient (Wildman–Crippen LogP) is 3.74. The van der Waals surface area contributed by atoms with Crippen molar-refractivity contribution in [1.29, 1.82) is 0 Å². The third-order valence-electron chi connectivity index (χ3n) is 2.74. The molecule has 92 valence electrons. The molecule has 0 bridgehead atoms. The molecule has 0 atom stereocenters. The summed E-state index contributed by atoms with van der Waals surface area (Å²) in [5.74, 6) is 0.592. The minimum atomic E-state index is 0.288. The molecule has 2 aromatic carbocycles. The molecular formula is C16H16O2. The van der Waals surface area contributed by atoms with Gasteiger partial charge in [0.25, 0.3) is 0 Å². The Balaban J connectivity index is 1.84. The van der Waals surface area contributed by atoms with Gasteiger partial charge in [-0.05, 0) is 48.2 Å². The molecular weight excluding hydrogens is 224 g/mol. The van der Waals surface area contributed by atoms with Gasteiger partial charge in [-0.1, -0.05) is 36.4 Å². The molecule has 2 rings (SSSR count). The zero-order valence-corrected chi connectivity index (χ0v) is 10.1. The van der Waals surface area contributed by atoms with Gasteiger partial charge in [-0.25, -0.2) is 0 Å². The van der Waals surface area contributed by atoms with E-state index in [1.807, 2.05) is 30.3 Å². The van der Waals surface area contributed by atoms with Crippen LogP contribution in [0.4, 0.5) is 0 Å². The minimum Gasteiger partial charge on any atom is -0.508 e. The highest BCUT2D eigenvalue weighted by Gasteiger charge is 1.92. The Labute approximate surface area is 107 Å². The van der Waals surface area contributed by atoms with Crippen molar-refractivity contribution < 1.29 is 10.2 Å². The number of hydrogen-bond donors (Lipinski definition) is 2. The number of hydrogen-bond acceptors (Lipinski definition) is 2. The van der Waals surface area contributed by atoms with Crippen molar-refractivity contribution in [3.63, 3.8) is 0 Å². The lowest BCUT2D eigenvalue weighted by atomic mass is 10.1. The van der Waals surface area contributed by atoms with Gasteiger partial charge in [-0.15, -0.1) is 0 Å². The largest absolute Gasteiger partial charge is 0.508 e. The molecule has 2 aromatic rings. The van der Waals surface area contributed by atoms with Crippen LogP contribution in [0.5, 0.6) is 11.5 Å². The summed E-state index contributed by atoms with van der Waals surface area (Å²) in [6.45, 7) is 0. The standard InChI is InChI=1S/C16H16O2/c17-15-9-5-13(6-10-15)3-1-2-4-14-7-11-16(18)12-8-14/h1,3,5-12,17-18H,2,4H2/b3-1+. The zero-order valence-electron chi connectivity index (χ0n) is 10.1. The molecule has 0 unspecified atom stereocenters. The Kier molecular flexibility index (Phi) is 4.02. The van der Waals surface area contributed by atoms with Gasteiger partial charge in [0, 0.05) is 0 Å². The van der Waals surface area contributed by atoms with Crippen molar-refractivity contribution >= 4 is 6.08 Å². The second-order valence-corrected chi connectivity index (χ2v) is 4.20. The lowest BCUT2D eigenvalue weighted by molar-refractivity contribution is 0.474. The van der Waals surface area contributed by atoms with E-state index in [1.54, 1.807) is 24.3 Å². The molecule has 18 heavy (non-hydrogen) atoms. The molecule has 0 heterocycles. The Morgan fingerprint density at radius 3 is 1.94 bits per heavy atom. The highest BCUT2D eigenvalue weighted by atomic mass is 16.3. The smallest absolute Gasteiger partial charge is 0.115 e. The normalized spacial score (nSPS) is 10.9. The fraction of sp³-hybridized carbons (Fsp3) is 0.125. The lowest BCUT2D eigenvalue weighted by Gasteiger charge is -1.98. The summed E-state index contributed by atoms with van der Waals surface area (Å²) in [5.41, 5.74) is 2.29. The molecule has 2 nitrogen and oxygen atoms in total. The SMILES string of the molecule is Oc1ccc(/C=C/CCc2ccc(O)cc2)cc1. The summed E-state index contributed by atoms with van der Waals surface area (Å²) in [5, 5.41) is 18.3. The summed E-state index contributed by atoms with van der Waals surface area (Å²) in [6, 6.07) is 14.4. The molecule has 0 amide bonds. The average Bonchev–Trinajstić information content (AvgIpc) is 2.39. The molecule has 0 fully saturated rings. The van der Waals surface area contributed by atoms with Gasteiger partial charge in [0.1, 0.15) is 11.5 Å². The molecule has 0 aromatic heterocycles. The monoisotopic (exact) mass is 240 g/mol. The molecule has 2 heteroatoms. The molecule has 0 radical (unpaired) electrons. The molecule has 0 saturated carbocycles. The van der Waals surface area contributed by atoms with Crippen molar-refractivity contribution in [3.05, 3.63) is 65.7 Å². The second-order valence-electron chi connectivity index (χ2n) is 4.20. The third-order valence-corrected chi connectivity index (χ3v) is 2.74. The number of benzene rings is 2. The second kappa shape index (κ2) is 5.92. The van der Waals surface area contributed by atoms with Crippen molar-refractivity contribution in [2.24, 2.45) is 0 Å². The van der Waals surface area contributed by atoms with E-state index in [9.17, 15) is 0 Å². The highest BCUT2D eigenvalue weighted by Crippen LogP contribution is 2.13. The summed E-state index contributed by atoms with van der Waals surface area (Å²) < 4.78 is 0. The van der Waals surface area contributed by atoms with Crippen LogP contribution >= 0.6 is 0 Å². The maximum atomic E-state index is 9.16. The molecule has 0 saturated heterocycles. The summed E-state index contributed by atoms with van der Waals surface area (Å²) in [7, 11) is 0. The Morgan fingerprint density at radius 1 is 0.778 bits per heavy atom. The lowest BCUT2D eigenvalue weighted by Crippen LogP contribution is -1.81. The predicted molar refractivity (Wildman–Crippen MR) is 73.6 cm³/mol. The van der Waals surface area contributed by atoms with Crippen LogP contribution in [0.3, 0.4) is 0 Å². The molecule has 0 aliphatic heterocycles. The van der Waals surface area contributed by atoms with Gasteiger partial charge in [0.15, 0.2) is 0 Å². The van der Waals surface area contributed by atoms with E-state index in [1.165, 1.54) is 5.56 Å². The van der Waals surface area contributed by atoms with Crippen molar-refractivity contribution in [2.45, 2.75) is 12.8 Å². The summed E-state index contributed by atoms with van der Waals surface area (Å²) in [6.07, 6.45) is 6.06. The fourth-order valence-corrected chi connectivity index (χ4v) is 1.72. The van der Waals surface area contributed by atoms with E-state index < -0.39 is 0 Å². The van der Waals surface area contributed by atoms with Crippen LogP contribution in [-0.4, -0.2) is 10.2 Å². The molecule has 0 aliphatic carbocycles. The van der Waals surface area contributed by atoms with Crippen LogP contribution in [0.15, 0.2) is 54.6 Å². The highest BCUT2D eigenvalue weighted by molar-refractivity contribution is 5.50. The summed E-state index contributed by atoms with van der Waals surface area (Å²) >= 11 is 0. The number of allylic oxidation sites excluding steroid dienone is 1. The van der Waals surface area contributed by atoms with Gasteiger partial charge in [-0.3, -0.25) is 0 Å². The number of phenols is 2. The molecule has 0 spiro atoms. The first-order valence-corrected chi connectivity index (χ1v) is 5.97. The molecule has 0 aliphatic rings. The quantitative estimate of drug-likeness (QED) is 0.854. The van der Waals surface area contributed by atoms with Gasteiger partial charge in [0.05, 0.1) is 0 Å². The van der Waals surface area contributed by atoms with Crippen LogP contribution in [0.25, 0.3) is 6.08 Å². The maximum absolute atomic E-state index is 9.16. The van der Waals surface area contributed by atoms with Crippen LogP contribution in [0.1, 0.15) is 17.5 Å². The Bertz CT molecular complexity index is 510. The van der Waals surface area contributed by atoms with Crippen LogP contribution in [0.2, 0.25) is 0 Å². The van der Waals surface area contributed by atoms with E-state index in [-0.39, 0.29) is 5.75 Å². The van der Waals surface area contributed by atoms with Gasteiger partial charge >= 0.3 is 0 Å². The number of phenolic OH excluding ortho intramolecular Hbond substituents is 2. The molecule has 2 N–H and O–H groups in total. The summed E-state index contributed by atoms with van der Waals surface area (Å²) in [4.78, 5) is 0. The number of aryl methyl sites for hydroxylation is 1. The van der Waals surface area contributed by atoms with Crippen LogP contribution < -0.4 is 0 Å². The van der Waals surface area contributed by atoms with E-state index >= 15 is 0 Å². The first kappa shape index (κ1) is 12.2. The number of aromatic hydroxyl groups is 2. The van der Waals surface area contributed by atoms with Gasteiger partial charge < -0.3 is 10.2 Å². The fourth-order valence-electron chi connectivity index (χ4n) is 1.72. The maximum Gasteiger partial charge on any atom is 0.115 e. The Hall–Kier alpha value is -2.22. The van der Waals surface area contributed by atoms with Crippen molar-refractivity contribution in [3.8, 4) is 11.5 Å². The average molecular weight is 240 g/mol. The number of rotatable bonds is 4.